The highest BCUT2D eigenvalue weighted by molar-refractivity contribution is 7.89. The summed E-state index contributed by atoms with van der Waals surface area (Å²) < 4.78 is 27.3. The van der Waals surface area contributed by atoms with Crippen molar-refractivity contribution in [2.45, 2.75) is 18.6 Å². The molecule has 7 nitrogen and oxygen atoms in total. The third-order valence-electron chi connectivity index (χ3n) is 2.59. The molecule has 0 bridgehead atoms. The van der Waals surface area contributed by atoms with Crippen molar-refractivity contribution in [1.82, 2.24) is 0 Å². The molecule has 0 radical (unpaired) electrons. The summed E-state index contributed by atoms with van der Waals surface area (Å²) in [6, 6.07) is 9.93. The van der Waals surface area contributed by atoms with Gasteiger partial charge < -0.3 is 15.1 Å². The first kappa shape index (κ1) is 15.1. The van der Waals surface area contributed by atoms with Crippen molar-refractivity contribution < 1.29 is 17.6 Å². The SMILES string of the molecule is CC(=O)Nc1ccc(NCc2ccc(S(N)(=O)=O)o2)cc1. The molecule has 8 heteroatoms. The van der Waals surface area contributed by atoms with Gasteiger partial charge in [-0.25, -0.2) is 13.6 Å². The molecule has 4 N–H and O–H groups in total. The predicted molar refractivity (Wildman–Crippen MR) is 78.2 cm³/mol. The second-order valence-corrected chi connectivity index (χ2v) is 5.87. The molecule has 0 saturated heterocycles. The van der Waals surface area contributed by atoms with Gasteiger partial charge in [-0.2, -0.15) is 0 Å². The van der Waals surface area contributed by atoms with Gasteiger partial charge in [0.25, 0.3) is 10.0 Å². The largest absolute Gasteiger partial charge is 0.446 e. The minimum Gasteiger partial charge on any atom is -0.446 e. The molecule has 2 aromatic rings. The Hall–Kier alpha value is -2.32. The maximum Gasteiger partial charge on any atom is 0.271 e. The van der Waals surface area contributed by atoms with Crippen LogP contribution in [0.1, 0.15) is 12.7 Å². The average molecular weight is 309 g/mol. The topological polar surface area (TPSA) is 114 Å². The lowest BCUT2D eigenvalue weighted by molar-refractivity contribution is -0.114. The molecule has 21 heavy (non-hydrogen) atoms. The molecule has 1 aromatic carbocycles. The number of hydrogen-bond acceptors (Lipinski definition) is 5. The molecular formula is C13H15N3O4S. The summed E-state index contributed by atoms with van der Waals surface area (Å²) in [5, 5.41) is 10.4. The van der Waals surface area contributed by atoms with E-state index in [4.69, 9.17) is 9.56 Å². The summed E-state index contributed by atoms with van der Waals surface area (Å²) in [7, 11) is -3.82. The molecule has 0 aliphatic rings. The number of carbonyl (C=O) groups is 1. The Bertz CT molecular complexity index is 735. The van der Waals surface area contributed by atoms with Gasteiger partial charge in [-0.15, -0.1) is 0 Å². The number of furan rings is 1. The summed E-state index contributed by atoms with van der Waals surface area (Å²) in [5.74, 6) is 0.312. The van der Waals surface area contributed by atoms with Crippen LogP contribution in [0.15, 0.2) is 45.9 Å². The summed E-state index contributed by atoms with van der Waals surface area (Å²) in [4.78, 5) is 10.9. The first-order valence-electron chi connectivity index (χ1n) is 6.07. The summed E-state index contributed by atoms with van der Waals surface area (Å²) in [6.07, 6.45) is 0. The summed E-state index contributed by atoms with van der Waals surface area (Å²) in [5.41, 5.74) is 1.50. The van der Waals surface area contributed by atoms with E-state index in [9.17, 15) is 13.2 Å². The van der Waals surface area contributed by atoms with Gasteiger partial charge in [-0.3, -0.25) is 4.79 Å². The van der Waals surface area contributed by atoms with Crippen molar-refractivity contribution in [2.24, 2.45) is 5.14 Å². The van der Waals surface area contributed by atoms with Crippen LogP contribution >= 0.6 is 0 Å². The highest BCUT2D eigenvalue weighted by atomic mass is 32.2. The van der Waals surface area contributed by atoms with Crippen molar-refractivity contribution in [3.63, 3.8) is 0 Å². The van der Waals surface area contributed by atoms with E-state index in [0.717, 1.165) is 5.69 Å². The fourth-order valence-electron chi connectivity index (χ4n) is 1.67. The number of benzene rings is 1. The lowest BCUT2D eigenvalue weighted by Gasteiger charge is -2.06. The van der Waals surface area contributed by atoms with Crippen LogP contribution in [0.3, 0.4) is 0 Å². The zero-order valence-electron chi connectivity index (χ0n) is 11.3. The maximum absolute atomic E-state index is 11.1. The molecule has 1 aromatic heterocycles. The van der Waals surface area contributed by atoms with E-state index in [1.54, 1.807) is 30.3 Å². The molecule has 0 atom stereocenters. The Kier molecular flexibility index (Phi) is 4.29. The fourth-order valence-corrected chi connectivity index (χ4v) is 2.15. The number of anilines is 2. The molecule has 0 aliphatic heterocycles. The van der Waals surface area contributed by atoms with Crippen LogP contribution in [0, 0.1) is 0 Å². The van der Waals surface area contributed by atoms with Crippen molar-refractivity contribution in [3.05, 3.63) is 42.2 Å². The van der Waals surface area contributed by atoms with Gasteiger partial charge in [0.05, 0.1) is 6.54 Å². The maximum atomic E-state index is 11.1. The third-order valence-corrected chi connectivity index (χ3v) is 3.37. The number of nitrogens with two attached hydrogens (primary N) is 1. The van der Waals surface area contributed by atoms with E-state index in [1.807, 2.05) is 0 Å². The fraction of sp³-hybridized carbons (Fsp3) is 0.154. The van der Waals surface area contributed by atoms with Crippen LogP contribution in [0.4, 0.5) is 11.4 Å². The molecule has 0 unspecified atom stereocenters. The lowest BCUT2D eigenvalue weighted by atomic mass is 10.2. The molecule has 0 aliphatic carbocycles. The van der Waals surface area contributed by atoms with Crippen molar-refractivity contribution in [2.75, 3.05) is 10.6 Å². The van der Waals surface area contributed by atoms with Crippen LogP contribution in [-0.2, 0) is 21.4 Å². The van der Waals surface area contributed by atoms with Gasteiger partial charge >= 0.3 is 0 Å². The Morgan fingerprint density at radius 1 is 1.14 bits per heavy atom. The number of carbonyl (C=O) groups excluding carboxylic acids is 1. The van der Waals surface area contributed by atoms with Crippen LogP contribution in [0.2, 0.25) is 0 Å². The number of rotatable bonds is 5. The number of hydrogen-bond donors (Lipinski definition) is 3. The molecule has 112 valence electrons. The first-order chi connectivity index (χ1) is 9.84. The number of amides is 1. The quantitative estimate of drug-likeness (QED) is 0.774. The Morgan fingerprint density at radius 2 is 1.76 bits per heavy atom. The van der Waals surface area contributed by atoms with E-state index < -0.39 is 10.0 Å². The Labute approximate surface area is 122 Å². The Morgan fingerprint density at radius 3 is 2.29 bits per heavy atom. The number of nitrogens with one attached hydrogen (secondary N) is 2. The lowest BCUT2D eigenvalue weighted by Crippen LogP contribution is -2.10. The molecule has 1 heterocycles. The second kappa shape index (κ2) is 5.98. The highest BCUT2D eigenvalue weighted by Crippen LogP contribution is 2.16. The van der Waals surface area contributed by atoms with Crippen LogP contribution in [0.5, 0.6) is 0 Å². The first-order valence-corrected chi connectivity index (χ1v) is 7.62. The average Bonchev–Trinajstić information content (AvgIpc) is 2.86. The van der Waals surface area contributed by atoms with Crippen molar-refractivity contribution >= 4 is 27.3 Å². The third kappa shape index (κ3) is 4.33. The van der Waals surface area contributed by atoms with Gasteiger partial charge in [-0.05, 0) is 36.4 Å². The van der Waals surface area contributed by atoms with Gasteiger partial charge in [0.1, 0.15) is 5.76 Å². The summed E-state index contributed by atoms with van der Waals surface area (Å²) in [6.45, 7) is 1.75. The van der Waals surface area contributed by atoms with E-state index >= 15 is 0 Å². The van der Waals surface area contributed by atoms with Gasteiger partial charge in [0, 0.05) is 18.3 Å². The number of primary sulfonamides is 1. The standard InChI is InChI=1S/C13H15N3O4S/c1-9(17)16-11-4-2-10(3-5-11)15-8-12-6-7-13(20-12)21(14,18)19/h2-7,15H,8H2,1H3,(H,16,17)(H2,14,18,19). The Balaban J connectivity index is 1.97. The molecule has 0 saturated carbocycles. The summed E-state index contributed by atoms with van der Waals surface area (Å²) >= 11 is 0. The molecule has 0 fully saturated rings. The monoisotopic (exact) mass is 309 g/mol. The zero-order valence-corrected chi connectivity index (χ0v) is 12.1. The van der Waals surface area contributed by atoms with Crippen molar-refractivity contribution in [1.29, 1.82) is 0 Å². The second-order valence-electron chi connectivity index (χ2n) is 4.38. The van der Waals surface area contributed by atoms with E-state index in [2.05, 4.69) is 10.6 Å². The van der Waals surface area contributed by atoms with E-state index in [-0.39, 0.29) is 11.0 Å². The zero-order chi connectivity index (χ0) is 15.5. The van der Waals surface area contributed by atoms with E-state index in [0.29, 0.717) is 18.0 Å². The smallest absolute Gasteiger partial charge is 0.271 e. The highest BCUT2D eigenvalue weighted by Gasteiger charge is 2.12. The van der Waals surface area contributed by atoms with Gasteiger partial charge in [0.2, 0.25) is 11.0 Å². The van der Waals surface area contributed by atoms with Crippen LogP contribution < -0.4 is 15.8 Å². The molecule has 0 spiro atoms. The van der Waals surface area contributed by atoms with Crippen molar-refractivity contribution in [3.8, 4) is 0 Å². The van der Waals surface area contributed by atoms with Gasteiger partial charge in [-0.1, -0.05) is 0 Å². The molecular weight excluding hydrogens is 294 g/mol. The number of sulfonamides is 1. The molecule has 2 rings (SSSR count). The minimum absolute atomic E-state index is 0.137. The molecule has 1 amide bonds. The van der Waals surface area contributed by atoms with Gasteiger partial charge in [0.15, 0.2) is 0 Å². The minimum atomic E-state index is -3.82. The predicted octanol–water partition coefficient (Wildman–Crippen LogP) is 1.50. The van der Waals surface area contributed by atoms with E-state index in [1.165, 1.54) is 13.0 Å². The van der Waals surface area contributed by atoms with Crippen LogP contribution in [0.25, 0.3) is 0 Å². The van der Waals surface area contributed by atoms with Crippen LogP contribution in [-0.4, -0.2) is 14.3 Å². The normalized spacial score (nSPS) is 11.1.